The molecule has 2 atom stereocenters. The average Bonchev–Trinajstić information content (AvgIpc) is 3.28. The van der Waals surface area contributed by atoms with Gasteiger partial charge in [0.2, 0.25) is 11.9 Å². The van der Waals surface area contributed by atoms with E-state index in [2.05, 4.69) is 15.1 Å². The molecule has 4 rings (SSSR count). The van der Waals surface area contributed by atoms with Gasteiger partial charge in [-0.25, -0.2) is 15.1 Å². The van der Waals surface area contributed by atoms with E-state index in [1.807, 2.05) is 0 Å². The van der Waals surface area contributed by atoms with Gasteiger partial charge in [0.05, 0.1) is 30.4 Å². The molecule has 1 N–H and O–H groups in total. The second kappa shape index (κ2) is 10.5. The van der Waals surface area contributed by atoms with E-state index in [1.54, 1.807) is 14.9 Å². The second-order valence-corrected chi connectivity index (χ2v) is 8.55. The minimum Gasteiger partial charge on any atom is -0.488 e. The number of nitrogens with one attached hydrogen (secondary N) is 1. The number of anilines is 1. The molecule has 2 aromatic rings. The van der Waals surface area contributed by atoms with Crippen molar-refractivity contribution in [2.24, 2.45) is 0 Å². The molecular weight excluding hydrogens is 514 g/mol. The van der Waals surface area contributed by atoms with Crippen molar-refractivity contribution in [3.05, 3.63) is 40.1 Å². The van der Waals surface area contributed by atoms with Gasteiger partial charge in [0, 0.05) is 38.6 Å². The number of rotatable bonds is 6. The van der Waals surface area contributed by atoms with Gasteiger partial charge in [-0.1, -0.05) is 0 Å². The zero-order valence-electron chi connectivity index (χ0n) is 19.2. The molecule has 0 aromatic carbocycles. The van der Waals surface area contributed by atoms with Crippen LogP contribution in [-0.2, 0) is 21.9 Å². The number of piperazine rings is 1. The number of alkyl halides is 6. The topological polar surface area (TPSA) is 114 Å². The number of hydrogen-bond donors (Lipinski definition) is 1. The molecule has 202 valence electrons. The molecule has 2 saturated heterocycles. The van der Waals surface area contributed by atoms with Crippen LogP contribution in [0.1, 0.15) is 30.4 Å². The van der Waals surface area contributed by atoms with Crippen molar-refractivity contribution in [2.75, 3.05) is 37.7 Å². The Hall–Kier alpha value is -3.43. The zero-order valence-corrected chi connectivity index (χ0v) is 19.2. The Morgan fingerprint density at radius 1 is 1.00 bits per heavy atom. The third-order valence-electron chi connectivity index (χ3n) is 6.01. The van der Waals surface area contributed by atoms with E-state index < -0.39 is 47.0 Å². The summed E-state index contributed by atoms with van der Waals surface area (Å²) < 4.78 is 88.3. The molecule has 16 heteroatoms. The number of carbonyl (C=O) groups is 1. The molecule has 0 unspecified atom stereocenters. The predicted molar refractivity (Wildman–Crippen MR) is 114 cm³/mol. The standard InChI is InChI=1S/C21H22F6N6O4/c22-20(23,24)12-8-28-19(29-9-12)33-5-3-32(4-6-33)16(34)7-13-1-2-14(37-13)11-36-15-10-30-31-18(35)17(15)21(25,26)27/h8-10,13-14H,1-7,11H2,(H,31,35)/t13-,14+/m0/s1. The maximum atomic E-state index is 13.1. The smallest absolute Gasteiger partial charge is 0.425 e. The van der Waals surface area contributed by atoms with E-state index >= 15 is 0 Å². The van der Waals surface area contributed by atoms with Crippen LogP contribution < -0.4 is 15.2 Å². The number of carbonyl (C=O) groups excluding carboxylic acids is 1. The lowest BCUT2D eigenvalue weighted by molar-refractivity contribution is -0.141. The molecule has 37 heavy (non-hydrogen) atoms. The van der Waals surface area contributed by atoms with Crippen LogP contribution in [0.2, 0.25) is 0 Å². The number of aromatic amines is 1. The molecule has 2 fully saturated rings. The van der Waals surface area contributed by atoms with E-state index in [0.717, 1.165) is 6.20 Å². The normalized spacial score (nSPS) is 20.8. The molecule has 2 aliphatic rings. The van der Waals surface area contributed by atoms with Gasteiger partial charge in [0.1, 0.15) is 6.61 Å². The predicted octanol–water partition coefficient (Wildman–Crippen LogP) is 2.26. The molecule has 1 amide bonds. The first-order valence-electron chi connectivity index (χ1n) is 11.3. The van der Waals surface area contributed by atoms with Crippen molar-refractivity contribution >= 4 is 11.9 Å². The van der Waals surface area contributed by atoms with Crippen molar-refractivity contribution < 1.29 is 40.6 Å². The first-order chi connectivity index (χ1) is 17.4. The summed E-state index contributed by atoms with van der Waals surface area (Å²) in [6.45, 7) is 1.07. The molecule has 2 aliphatic heterocycles. The van der Waals surface area contributed by atoms with Crippen LogP contribution in [0.4, 0.5) is 32.3 Å². The number of nitrogens with zero attached hydrogens (tertiary/aromatic N) is 5. The summed E-state index contributed by atoms with van der Waals surface area (Å²) in [6, 6.07) is 0. The number of ether oxygens (including phenoxy) is 2. The monoisotopic (exact) mass is 536 g/mol. The van der Waals surface area contributed by atoms with E-state index in [1.165, 1.54) is 0 Å². The van der Waals surface area contributed by atoms with Gasteiger partial charge in [-0.15, -0.1) is 0 Å². The Kier molecular flexibility index (Phi) is 7.57. The van der Waals surface area contributed by atoms with Gasteiger partial charge in [0.25, 0.3) is 5.56 Å². The Labute approximate surface area is 205 Å². The van der Waals surface area contributed by atoms with Crippen molar-refractivity contribution in [1.29, 1.82) is 0 Å². The summed E-state index contributed by atoms with van der Waals surface area (Å²) in [5.41, 5.74) is -3.83. The molecule has 0 saturated carbocycles. The Morgan fingerprint density at radius 3 is 2.27 bits per heavy atom. The molecule has 4 heterocycles. The summed E-state index contributed by atoms with van der Waals surface area (Å²) in [6.07, 6.45) is -7.23. The summed E-state index contributed by atoms with van der Waals surface area (Å²) in [5.74, 6) is -0.738. The lowest BCUT2D eigenvalue weighted by Crippen LogP contribution is -2.49. The zero-order chi connectivity index (χ0) is 26.8. The van der Waals surface area contributed by atoms with Crippen LogP contribution in [0.5, 0.6) is 5.75 Å². The third-order valence-corrected chi connectivity index (χ3v) is 6.01. The Bertz CT molecular complexity index is 1150. The van der Waals surface area contributed by atoms with Crippen LogP contribution in [0, 0.1) is 0 Å². The SMILES string of the molecule is O=C(C[C@@H]1CC[C@H](COc2cn[nH]c(=O)c2C(F)(F)F)O1)N1CCN(c2ncc(C(F)(F)F)cn2)CC1. The minimum atomic E-state index is -4.92. The molecule has 0 aliphatic carbocycles. The number of hydrogen-bond acceptors (Lipinski definition) is 8. The van der Waals surface area contributed by atoms with E-state index in [4.69, 9.17) is 9.47 Å². The fourth-order valence-electron chi connectivity index (χ4n) is 4.11. The van der Waals surface area contributed by atoms with Gasteiger partial charge < -0.3 is 19.3 Å². The van der Waals surface area contributed by atoms with Crippen LogP contribution in [0.3, 0.4) is 0 Å². The average molecular weight is 536 g/mol. The second-order valence-electron chi connectivity index (χ2n) is 8.55. The van der Waals surface area contributed by atoms with Gasteiger partial charge in [0.15, 0.2) is 11.3 Å². The Balaban J connectivity index is 1.23. The summed E-state index contributed by atoms with van der Waals surface area (Å²) in [7, 11) is 0. The quantitative estimate of drug-likeness (QED) is 0.560. The Morgan fingerprint density at radius 2 is 1.65 bits per heavy atom. The fraction of sp³-hybridized carbons (Fsp3) is 0.571. The van der Waals surface area contributed by atoms with E-state index in [-0.39, 0.29) is 24.9 Å². The van der Waals surface area contributed by atoms with Crippen LogP contribution in [0.25, 0.3) is 0 Å². The lowest BCUT2D eigenvalue weighted by Gasteiger charge is -2.35. The van der Waals surface area contributed by atoms with Crippen molar-refractivity contribution in [3.63, 3.8) is 0 Å². The van der Waals surface area contributed by atoms with Crippen LogP contribution >= 0.6 is 0 Å². The van der Waals surface area contributed by atoms with Crippen molar-refractivity contribution in [2.45, 2.75) is 43.8 Å². The molecule has 2 aromatic heterocycles. The number of H-pyrrole nitrogens is 1. The van der Waals surface area contributed by atoms with Crippen LogP contribution in [-0.4, -0.2) is 76.0 Å². The van der Waals surface area contributed by atoms with Gasteiger partial charge in [-0.3, -0.25) is 9.59 Å². The minimum absolute atomic E-state index is 0.0631. The van der Waals surface area contributed by atoms with Crippen molar-refractivity contribution in [1.82, 2.24) is 25.1 Å². The molecule has 0 bridgehead atoms. The number of halogens is 6. The maximum absolute atomic E-state index is 13.1. The third kappa shape index (κ3) is 6.47. The lowest BCUT2D eigenvalue weighted by atomic mass is 10.1. The van der Waals surface area contributed by atoms with Gasteiger partial charge in [-0.05, 0) is 12.8 Å². The summed E-state index contributed by atoms with van der Waals surface area (Å²) in [5, 5.41) is 5.06. The molecule has 10 nitrogen and oxygen atoms in total. The van der Waals surface area contributed by atoms with E-state index in [0.29, 0.717) is 51.4 Å². The largest absolute Gasteiger partial charge is 0.488 e. The van der Waals surface area contributed by atoms with Crippen LogP contribution in [0.15, 0.2) is 23.4 Å². The highest BCUT2D eigenvalue weighted by Gasteiger charge is 2.39. The van der Waals surface area contributed by atoms with E-state index in [9.17, 15) is 35.9 Å². The highest BCUT2D eigenvalue weighted by Crippen LogP contribution is 2.33. The summed E-state index contributed by atoms with van der Waals surface area (Å²) in [4.78, 5) is 35.0. The number of aromatic nitrogens is 4. The first-order valence-corrected chi connectivity index (χ1v) is 11.3. The van der Waals surface area contributed by atoms with Crippen molar-refractivity contribution in [3.8, 4) is 5.75 Å². The van der Waals surface area contributed by atoms with Gasteiger partial charge >= 0.3 is 12.4 Å². The molecule has 0 spiro atoms. The summed E-state index contributed by atoms with van der Waals surface area (Å²) >= 11 is 0. The molecule has 0 radical (unpaired) electrons. The number of amides is 1. The first kappa shape index (κ1) is 26.6. The highest BCUT2D eigenvalue weighted by molar-refractivity contribution is 5.77. The fourth-order valence-corrected chi connectivity index (χ4v) is 4.11. The maximum Gasteiger partial charge on any atom is 0.425 e. The molecular formula is C21H22F6N6O4. The van der Waals surface area contributed by atoms with Gasteiger partial charge in [-0.2, -0.15) is 31.4 Å². The highest BCUT2D eigenvalue weighted by atomic mass is 19.4.